The quantitative estimate of drug-likeness (QED) is 0.197. The Hall–Kier alpha value is -4.31. The molecule has 0 amide bonds. The van der Waals surface area contributed by atoms with Crippen molar-refractivity contribution in [2.24, 2.45) is 0 Å². The monoisotopic (exact) mass is 640 g/mol. The molecule has 3 nitrogen and oxygen atoms in total. The van der Waals surface area contributed by atoms with E-state index in [-0.39, 0.29) is 0 Å². The van der Waals surface area contributed by atoms with Crippen LogP contribution < -0.4 is 20.2 Å². The molecule has 0 bridgehead atoms. The second kappa shape index (κ2) is 11.8. The minimum absolute atomic E-state index is 0.655. The van der Waals surface area contributed by atoms with Gasteiger partial charge in [-0.3, -0.25) is 4.98 Å². The number of nitrogens with zero attached hydrogens (tertiary/aromatic N) is 3. The summed E-state index contributed by atoms with van der Waals surface area (Å²) in [5.41, 5.74) is 14.8. The molecule has 1 aromatic heterocycles. The van der Waals surface area contributed by atoms with Gasteiger partial charge in [-0.25, -0.2) is 0 Å². The maximum Gasteiger partial charge on any atom is 0.121 e. The number of benzene rings is 4. The van der Waals surface area contributed by atoms with Gasteiger partial charge in [0, 0.05) is 62.8 Å². The molecular formula is C41H36Cl2N3. The zero-order valence-electron chi connectivity index (χ0n) is 27.1. The lowest BCUT2D eigenvalue weighted by molar-refractivity contribution is 1.01. The van der Waals surface area contributed by atoms with Crippen LogP contribution in [0.4, 0.5) is 11.4 Å². The van der Waals surface area contributed by atoms with Crippen LogP contribution in [-0.4, -0.2) is 18.1 Å². The maximum atomic E-state index is 7.47. The van der Waals surface area contributed by atoms with E-state index in [0.717, 1.165) is 57.2 Å². The van der Waals surface area contributed by atoms with E-state index in [0.29, 0.717) is 10.1 Å². The number of allylic oxidation sites excluding steroid dienone is 1. The van der Waals surface area contributed by atoms with Crippen molar-refractivity contribution in [3.8, 4) is 0 Å². The number of aryl methyl sites for hydroxylation is 6. The van der Waals surface area contributed by atoms with Crippen LogP contribution in [0.25, 0.3) is 17.0 Å². The zero-order chi connectivity index (χ0) is 32.3. The van der Waals surface area contributed by atoms with Crippen LogP contribution >= 0.6 is 23.2 Å². The van der Waals surface area contributed by atoms with Crippen molar-refractivity contribution >= 4 is 51.5 Å². The Morgan fingerprint density at radius 3 is 1.78 bits per heavy atom. The minimum atomic E-state index is 0.655. The lowest BCUT2D eigenvalue weighted by Crippen LogP contribution is -2.39. The Morgan fingerprint density at radius 1 is 0.652 bits per heavy atom. The molecule has 0 spiro atoms. The molecule has 1 saturated heterocycles. The average Bonchev–Trinajstić information content (AvgIpc) is 3.55. The van der Waals surface area contributed by atoms with Crippen molar-refractivity contribution in [3.63, 3.8) is 0 Å². The topological polar surface area (TPSA) is 19.4 Å². The molecule has 1 aliphatic carbocycles. The fourth-order valence-electron chi connectivity index (χ4n) is 7.67. The molecular weight excluding hydrogens is 605 g/mol. The molecule has 1 fully saturated rings. The molecule has 229 valence electrons. The lowest BCUT2D eigenvalue weighted by atomic mass is 9.98. The number of fused-ring (bicyclic) bond motifs is 1. The van der Waals surface area contributed by atoms with Crippen molar-refractivity contribution in [2.75, 3.05) is 22.9 Å². The summed E-state index contributed by atoms with van der Waals surface area (Å²) in [5, 5.41) is 3.21. The molecule has 0 unspecified atom stereocenters. The fourth-order valence-corrected chi connectivity index (χ4v) is 8.34. The summed E-state index contributed by atoms with van der Waals surface area (Å²) < 4.78 is 0. The SMILES string of the molecule is Cc1cc(C)c(N2CCN(c3c(C)cc(C)cc3C)C2=c2ccn[c]c2=C2C(Cl)=C(c3ccccc3)c3c(Cl)cccc32)c(C)c1. The van der Waals surface area contributed by atoms with Crippen molar-refractivity contribution in [1.82, 2.24) is 4.98 Å². The lowest BCUT2D eigenvalue weighted by Gasteiger charge is -2.30. The Balaban J connectivity index is 1.64. The molecule has 1 radical (unpaired) electrons. The summed E-state index contributed by atoms with van der Waals surface area (Å²) in [7, 11) is 0. The Morgan fingerprint density at radius 2 is 1.22 bits per heavy atom. The molecule has 5 heteroatoms. The molecule has 2 aliphatic rings. The Labute approximate surface area is 281 Å². The zero-order valence-corrected chi connectivity index (χ0v) is 28.6. The number of hydrogen-bond donors (Lipinski definition) is 0. The molecule has 46 heavy (non-hydrogen) atoms. The molecule has 5 aromatic rings. The fraction of sp³-hybridized carbons (Fsp3) is 0.195. The van der Waals surface area contributed by atoms with Gasteiger partial charge in [0.1, 0.15) is 5.82 Å². The van der Waals surface area contributed by atoms with Crippen LogP contribution in [0.15, 0.2) is 90.1 Å². The average molecular weight is 642 g/mol. The van der Waals surface area contributed by atoms with Crippen LogP contribution in [0.2, 0.25) is 5.02 Å². The smallest absolute Gasteiger partial charge is 0.121 e. The Bertz CT molecular complexity index is 2080. The molecule has 0 N–H and O–H groups in total. The first-order valence-corrected chi connectivity index (χ1v) is 16.5. The number of hydrogen-bond acceptors (Lipinski definition) is 3. The first kappa shape index (κ1) is 30.3. The van der Waals surface area contributed by atoms with E-state index >= 15 is 0 Å². The molecule has 0 saturated carbocycles. The number of halogens is 2. The van der Waals surface area contributed by atoms with Crippen LogP contribution in [-0.2, 0) is 0 Å². The summed E-state index contributed by atoms with van der Waals surface area (Å²) in [6, 6.07) is 27.5. The highest BCUT2D eigenvalue weighted by atomic mass is 35.5. The van der Waals surface area contributed by atoms with Gasteiger partial charge in [-0.05, 0) is 87.1 Å². The van der Waals surface area contributed by atoms with E-state index in [1.807, 2.05) is 36.5 Å². The van der Waals surface area contributed by atoms with Crippen LogP contribution in [0.1, 0.15) is 50.1 Å². The highest BCUT2D eigenvalue weighted by Gasteiger charge is 2.33. The van der Waals surface area contributed by atoms with E-state index in [9.17, 15) is 0 Å². The van der Waals surface area contributed by atoms with Crippen molar-refractivity contribution in [1.29, 1.82) is 0 Å². The number of pyridine rings is 1. The maximum absolute atomic E-state index is 7.47. The highest BCUT2D eigenvalue weighted by molar-refractivity contribution is 6.44. The van der Waals surface area contributed by atoms with E-state index in [2.05, 4.69) is 111 Å². The van der Waals surface area contributed by atoms with Crippen molar-refractivity contribution in [2.45, 2.75) is 41.5 Å². The third-order valence-corrected chi connectivity index (χ3v) is 9.85. The standard InChI is InChI=1S/C41H36Cl2N3/c1-24-19-26(3)39(27(4)20-24)45-17-18-46(40-28(5)21-25(2)22-29(40)6)41(45)31-15-16-44-23-33(31)36-32-13-10-14-34(42)37(32)35(38(36)43)30-11-8-7-9-12-30/h7-16,19-22H,17-18H2,1-6H3. The predicted octanol–water partition coefficient (Wildman–Crippen LogP) is 8.69. The summed E-state index contributed by atoms with van der Waals surface area (Å²) in [6.45, 7) is 14.9. The second-order valence-electron chi connectivity index (χ2n) is 12.6. The molecule has 2 heterocycles. The summed E-state index contributed by atoms with van der Waals surface area (Å²) in [4.78, 5) is 9.54. The van der Waals surface area contributed by atoms with Gasteiger partial charge in [0.05, 0.1) is 11.2 Å². The summed E-state index contributed by atoms with van der Waals surface area (Å²) >= 11 is 14.4. The van der Waals surface area contributed by atoms with Gasteiger partial charge in [-0.1, -0.05) is 101 Å². The minimum Gasteiger partial charge on any atom is -0.325 e. The van der Waals surface area contributed by atoms with Crippen LogP contribution in [0.5, 0.6) is 0 Å². The normalized spacial score (nSPS) is 15.7. The molecule has 0 atom stereocenters. The van der Waals surface area contributed by atoms with Gasteiger partial charge >= 0.3 is 0 Å². The largest absolute Gasteiger partial charge is 0.325 e. The number of rotatable bonds is 3. The second-order valence-corrected chi connectivity index (χ2v) is 13.3. The van der Waals surface area contributed by atoms with Crippen molar-refractivity contribution in [3.05, 3.63) is 162 Å². The van der Waals surface area contributed by atoms with Gasteiger partial charge in [0.2, 0.25) is 0 Å². The third kappa shape index (κ3) is 4.94. The predicted molar refractivity (Wildman–Crippen MR) is 194 cm³/mol. The van der Waals surface area contributed by atoms with Gasteiger partial charge in [-0.15, -0.1) is 0 Å². The van der Waals surface area contributed by atoms with E-state index in [1.165, 1.54) is 44.8 Å². The summed E-state index contributed by atoms with van der Waals surface area (Å²) in [6.07, 6.45) is 5.26. The molecule has 1 aliphatic heterocycles. The molecule has 4 aromatic carbocycles. The third-order valence-electron chi connectivity index (χ3n) is 9.16. The van der Waals surface area contributed by atoms with Crippen LogP contribution in [0.3, 0.4) is 0 Å². The van der Waals surface area contributed by atoms with E-state index in [1.54, 1.807) is 0 Å². The first-order valence-electron chi connectivity index (χ1n) is 15.7. The van der Waals surface area contributed by atoms with E-state index in [4.69, 9.17) is 23.2 Å². The summed E-state index contributed by atoms with van der Waals surface area (Å²) in [5.74, 6) is 1.10. The first-order chi connectivity index (χ1) is 22.2. The number of aromatic nitrogens is 1. The molecule has 7 rings (SSSR count). The number of anilines is 2. The van der Waals surface area contributed by atoms with Gasteiger partial charge < -0.3 is 9.80 Å². The van der Waals surface area contributed by atoms with Gasteiger partial charge in [0.25, 0.3) is 0 Å². The Kier molecular flexibility index (Phi) is 7.79. The van der Waals surface area contributed by atoms with Gasteiger partial charge in [0.15, 0.2) is 0 Å². The van der Waals surface area contributed by atoms with Gasteiger partial charge in [-0.2, -0.15) is 0 Å². The van der Waals surface area contributed by atoms with E-state index < -0.39 is 0 Å². The van der Waals surface area contributed by atoms with Crippen molar-refractivity contribution < 1.29 is 0 Å². The highest BCUT2D eigenvalue weighted by Crippen LogP contribution is 2.48. The van der Waals surface area contributed by atoms with Crippen LogP contribution in [0, 0.1) is 47.7 Å².